The Hall–Kier alpha value is -3.24. The molecule has 1 fully saturated rings. The number of nitrogens with two attached hydrogens (primary N) is 1. The van der Waals surface area contributed by atoms with Crippen LogP contribution >= 0.6 is 8.09 Å². The number of rotatable bonds is 13. The number of ether oxygens (including phenoxy) is 2. The van der Waals surface area contributed by atoms with Gasteiger partial charge in [-0.25, -0.2) is 0 Å². The van der Waals surface area contributed by atoms with E-state index in [-0.39, 0.29) is 18.8 Å². The number of aromatic nitrogens is 3. The molecule has 12 heteroatoms. The summed E-state index contributed by atoms with van der Waals surface area (Å²) in [5.74, 6) is 0.632. The van der Waals surface area contributed by atoms with E-state index >= 15 is 0 Å². The second-order valence-electron chi connectivity index (χ2n) is 9.10. The van der Waals surface area contributed by atoms with E-state index in [1.165, 1.54) is 12.6 Å². The molecule has 1 saturated heterocycles. The van der Waals surface area contributed by atoms with Crippen molar-refractivity contribution < 1.29 is 28.2 Å². The molecule has 0 amide bonds. The Balaban J connectivity index is 1.36. The maximum atomic E-state index is 12.3. The van der Waals surface area contributed by atoms with E-state index in [2.05, 4.69) is 29.0 Å². The van der Waals surface area contributed by atoms with E-state index < -0.39 is 14.1 Å². The molecule has 0 aliphatic carbocycles. The molecule has 2 atom stereocenters. The van der Waals surface area contributed by atoms with Gasteiger partial charge in [-0.05, 0) is 0 Å². The van der Waals surface area contributed by atoms with Crippen molar-refractivity contribution in [3.63, 3.8) is 0 Å². The number of carbonyl (C=O) groups is 1. The van der Waals surface area contributed by atoms with Crippen LogP contribution in [0, 0.1) is 5.92 Å². The summed E-state index contributed by atoms with van der Waals surface area (Å²) in [6, 6.07) is 12.6. The summed E-state index contributed by atoms with van der Waals surface area (Å²) in [6.45, 7) is 4.20. The van der Waals surface area contributed by atoms with E-state index in [9.17, 15) is 9.69 Å². The Morgan fingerprint density at radius 2 is 2.05 bits per heavy atom. The third kappa shape index (κ3) is 7.20. The molecule has 3 heterocycles. The second kappa shape index (κ2) is 13.0. The number of hydrogen-bond donors (Lipinski definition) is 3. The van der Waals surface area contributed by atoms with Crippen LogP contribution < -0.4 is 15.3 Å². The Labute approximate surface area is 222 Å². The van der Waals surface area contributed by atoms with Gasteiger partial charge in [0, 0.05) is 0 Å². The van der Waals surface area contributed by atoms with Gasteiger partial charge in [-0.2, -0.15) is 0 Å². The van der Waals surface area contributed by atoms with Gasteiger partial charge in [0.05, 0.1) is 0 Å². The summed E-state index contributed by atoms with van der Waals surface area (Å²) >= 11 is 0. The van der Waals surface area contributed by atoms with Gasteiger partial charge in [0.25, 0.3) is 0 Å². The number of esters is 1. The summed E-state index contributed by atoms with van der Waals surface area (Å²) in [5.41, 5.74) is 7.55. The van der Waals surface area contributed by atoms with Crippen molar-refractivity contribution in [3.8, 4) is 5.75 Å². The molecule has 3 aromatic rings. The average Bonchev–Trinajstić information content (AvgIpc) is 3.56. The van der Waals surface area contributed by atoms with Crippen LogP contribution in [-0.2, 0) is 18.8 Å². The molecule has 1 aliphatic heterocycles. The van der Waals surface area contributed by atoms with Crippen LogP contribution in [-0.4, -0.2) is 44.7 Å². The molecule has 0 bridgehead atoms. The van der Waals surface area contributed by atoms with E-state index in [0.717, 1.165) is 36.9 Å². The molecular weight excluding hydrogens is 509 g/mol. The first-order chi connectivity index (χ1) is 18.4. The fourth-order valence-corrected chi connectivity index (χ4v) is 5.47. The van der Waals surface area contributed by atoms with Gasteiger partial charge in [-0.3, -0.25) is 0 Å². The molecule has 0 radical (unpaired) electrons. The predicted molar refractivity (Wildman–Crippen MR) is 145 cm³/mol. The number of nitrogen functional groups attached to an aromatic ring is 1. The minimum atomic E-state index is -4.04. The van der Waals surface area contributed by atoms with E-state index in [1.54, 1.807) is 34.9 Å². The van der Waals surface area contributed by atoms with Crippen LogP contribution in [0.5, 0.6) is 5.75 Å². The number of anilines is 1. The Bertz CT molecular complexity index is 1220. The Kier molecular flexibility index (Phi) is 9.52. The number of para-hydroxylation sites is 1. The van der Waals surface area contributed by atoms with Crippen LogP contribution in [0.15, 0.2) is 61.1 Å². The number of hydrogen-bond acceptors (Lipinski definition) is 10. The second-order valence-corrected chi connectivity index (χ2v) is 11.1. The van der Waals surface area contributed by atoms with Crippen molar-refractivity contribution in [2.75, 3.05) is 18.9 Å². The molecule has 1 aromatic carbocycles. The van der Waals surface area contributed by atoms with Crippen LogP contribution in [0.3, 0.4) is 0 Å². The summed E-state index contributed by atoms with van der Waals surface area (Å²) in [5, 5.41) is 7.03. The van der Waals surface area contributed by atoms with Crippen LogP contribution in [0.4, 0.5) is 5.82 Å². The molecule has 0 saturated carbocycles. The van der Waals surface area contributed by atoms with Crippen LogP contribution in [0.1, 0.15) is 51.3 Å². The molecule has 4 rings (SSSR count). The molecule has 0 spiro atoms. The average molecular weight is 546 g/mol. The summed E-state index contributed by atoms with van der Waals surface area (Å²) in [6.07, 6.45) is 7.44. The van der Waals surface area contributed by atoms with Gasteiger partial charge in [-0.1, -0.05) is 0 Å². The third-order valence-electron chi connectivity index (χ3n) is 6.50. The zero-order valence-electron chi connectivity index (χ0n) is 21.7. The molecule has 38 heavy (non-hydrogen) atoms. The van der Waals surface area contributed by atoms with E-state index in [1.807, 2.05) is 18.2 Å². The number of benzene rings is 1. The predicted octanol–water partition coefficient (Wildman–Crippen LogP) is 4.11. The number of fused-ring (bicyclic) bond motifs is 1. The monoisotopic (exact) mass is 545 g/mol. The number of nitrogens with zero attached hydrogens (tertiary/aromatic N) is 3. The normalized spacial score (nSPS) is 18.3. The molecule has 1 aliphatic rings. The Morgan fingerprint density at radius 1 is 1.26 bits per heavy atom. The van der Waals surface area contributed by atoms with Gasteiger partial charge in [0.1, 0.15) is 0 Å². The van der Waals surface area contributed by atoms with Crippen molar-refractivity contribution in [1.29, 1.82) is 0 Å². The molecule has 1 unspecified atom stereocenters. The van der Waals surface area contributed by atoms with Gasteiger partial charge in [0.2, 0.25) is 0 Å². The molecule has 2 aromatic heterocycles. The first-order valence-corrected chi connectivity index (χ1v) is 14.6. The SMILES string of the molecule is CCC(CC)COC(=O)CN[PH](O)(OC=CC1CC[C@H](c2ccc3c(N)ncnn23)O1)Oc1ccccc1. The van der Waals surface area contributed by atoms with Crippen LogP contribution in [0.2, 0.25) is 0 Å². The van der Waals surface area contributed by atoms with E-state index in [0.29, 0.717) is 24.1 Å². The maximum absolute atomic E-state index is 12.3. The fourth-order valence-electron chi connectivity index (χ4n) is 4.18. The topological polar surface area (TPSA) is 142 Å². The third-order valence-corrected chi connectivity index (χ3v) is 8.10. The molecular formula is C26H36N5O6P. The number of nitrogens with one attached hydrogen (secondary N) is 1. The van der Waals surface area contributed by atoms with Crippen molar-refractivity contribution >= 4 is 25.4 Å². The first kappa shape index (κ1) is 27.8. The summed E-state index contributed by atoms with van der Waals surface area (Å²) < 4.78 is 24.7. The Morgan fingerprint density at radius 3 is 2.82 bits per heavy atom. The summed E-state index contributed by atoms with van der Waals surface area (Å²) in [7, 11) is -4.04. The quantitative estimate of drug-likeness (QED) is 0.163. The van der Waals surface area contributed by atoms with Crippen molar-refractivity contribution in [3.05, 3.63) is 66.8 Å². The van der Waals surface area contributed by atoms with Gasteiger partial charge >= 0.3 is 222 Å². The first-order valence-electron chi connectivity index (χ1n) is 12.9. The fraction of sp³-hybridized carbons (Fsp3) is 0.423. The standard InChI is InChI=1S/C26H36N5O6P/c1-3-19(4-2)17-34-25(32)16-30-38(33,37-21-8-6-5-7-9-21)35-15-14-20-10-13-24(36-20)22-11-12-23-26(27)28-18-29-31(22)23/h5-9,11-12,14-15,18-20,24,30,33,38H,3-4,10,13,16-17H2,1-2H3,(H2,27,28,29)/t20?,24-/m1/s1. The minimum absolute atomic E-state index is 0.180. The van der Waals surface area contributed by atoms with Gasteiger partial charge < -0.3 is 0 Å². The van der Waals surface area contributed by atoms with Crippen molar-refractivity contribution in [2.24, 2.45) is 5.92 Å². The zero-order valence-corrected chi connectivity index (χ0v) is 22.7. The molecule has 206 valence electrons. The molecule has 4 N–H and O–H groups in total. The van der Waals surface area contributed by atoms with Gasteiger partial charge in [0.15, 0.2) is 0 Å². The van der Waals surface area contributed by atoms with Crippen molar-refractivity contribution in [1.82, 2.24) is 19.7 Å². The molecule has 11 nitrogen and oxygen atoms in total. The zero-order chi connectivity index (χ0) is 27.0. The van der Waals surface area contributed by atoms with Crippen molar-refractivity contribution in [2.45, 2.75) is 51.7 Å². The summed E-state index contributed by atoms with van der Waals surface area (Å²) in [4.78, 5) is 27.5. The van der Waals surface area contributed by atoms with Crippen LogP contribution in [0.25, 0.3) is 5.52 Å². The van der Waals surface area contributed by atoms with Gasteiger partial charge in [-0.15, -0.1) is 0 Å². The number of carbonyl (C=O) groups excluding carboxylic acids is 1. The van der Waals surface area contributed by atoms with E-state index in [4.69, 9.17) is 24.3 Å².